The van der Waals surface area contributed by atoms with E-state index < -0.39 is 10.0 Å². The summed E-state index contributed by atoms with van der Waals surface area (Å²) in [6.45, 7) is 1.90. The van der Waals surface area contributed by atoms with E-state index in [1.807, 2.05) is 0 Å². The monoisotopic (exact) mass is 436 g/mol. The standard InChI is InChI=1S/C22H20N4O4S/c1-15(27)24-18-4-7-20(8-5-18)31(29,30)25-19-6-9-21-16(13-19)10-12-26(21)22(28)17-3-2-11-23-14-17/h2-9,11,13-14,25H,10,12H2,1H3,(H,24,27). The van der Waals surface area contributed by atoms with Gasteiger partial charge < -0.3 is 10.2 Å². The maximum atomic E-state index is 12.8. The molecule has 1 aliphatic heterocycles. The van der Waals surface area contributed by atoms with Crippen LogP contribution in [0, 0.1) is 0 Å². The number of benzene rings is 2. The molecule has 2 amide bonds. The van der Waals surface area contributed by atoms with E-state index in [-0.39, 0.29) is 16.7 Å². The first-order chi connectivity index (χ1) is 14.8. The number of carbonyl (C=O) groups is 2. The van der Waals surface area contributed by atoms with Gasteiger partial charge in [0.1, 0.15) is 0 Å². The molecular weight excluding hydrogens is 416 g/mol. The Balaban J connectivity index is 1.52. The van der Waals surface area contributed by atoms with Crippen molar-refractivity contribution in [1.82, 2.24) is 4.98 Å². The highest BCUT2D eigenvalue weighted by Crippen LogP contribution is 2.32. The van der Waals surface area contributed by atoms with Crippen LogP contribution in [0.4, 0.5) is 17.1 Å². The summed E-state index contributed by atoms with van der Waals surface area (Å²) in [5, 5.41) is 2.60. The summed E-state index contributed by atoms with van der Waals surface area (Å²) < 4.78 is 28.0. The zero-order chi connectivity index (χ0) is 22.0. The van der Waals surface area contributed by atoms with Crippen LogP contribution in [0.15, 0.2) is 71.9 Å². The van der Waals surface area contributed by atoms with Crippen LogP contribution < -0.4 is 14.9 Å². The maximum Gasteiger partial charge on any atom is 0.261 e. The van der Waals surface area contributed by atoms with Crippen LogP contribution in [-0.4, -0.2) is 31.8 Å². The van der Waals surface area contributed by atoms with Gasteiger partial charge in [-0.15, -0.1) is 0 Å². The van der Waals surface area contributed by atoms with Crippen molar-refractivity contribution in [2.24, 2.45) is 0 Å². The van der Waals surface area contributed by atoms with Gasteiger partial charge in [0.05, 0.1) is 10.5 Å². The summed E-state index contributed by atoms with van der Waals surface area (Å²) in [7, 11) is -3.80. The average molecular weight is 436 g/mol. The normalized spacial score (nSPS) is 12.9. The highest BCUT2D eigenvalue weighted by molar-refractivity contribution is 7.92. The third-order valence-electron chi connectivity index (χ3n) is 4.87. The zero-order valence-electron chi connectivity index (χ0n) is 16.7. The molecule has 31 heavy (non-hydrogen) atoms. The maximum absolute atomic E-state index is 12.8. The van der Waals surface area contributed by atoms with Gasteiger partial charge in [-0.25, -0.2) is 8.42 Å². The fourth-order valence-electron chi connectivity index (χ4n) is 3.46. The van der Waals surface area contributed by atoms with E-state index in [9.17, 15) is 18.0 Å². The molecule has 9 heteroatoms. The third kappa shape index (κ3) is 4.41. The van der Waals surface area contributed by atoms with E-state index in [4.69, 9.17) is 0 Å². The molecule has 2 aromatic carbocycles. The Hall–Kier alpha value is -3.72. The number of anilines is 3. The van der Waals surface area contributed by atoms with Gasteiger partial charge >= 0.3 is 0 Å². The number of nitrogens with zero attached hydrogens (tertiary/aromatic N) is 2. The zero-order valence-corrected chi connectivity index (χ0v) is 17.5. The van der Waals surface area contributed by atoms with Crippen LogP contribution in [0.25, 0.3) is 0 Å². The summed E-state index contributed by atoms with van der Waals surface area (Å²) in [5.74, 6) is -0.373. The number of rotatable bonds is 5. The molecule has 4 rings (SSSR count). The first kappa shape index (κ1) is 20.5. The van der Waals surface area contributed by atoms with E-state index in [0.717, 1.165) is 11.3 Å². The number of sulfonamides is 1. The van der Waals surface area contributed by atoms with Crippen LogP contribution in [-0.2, 0) is 21.2 Å². The molecule has 2 heterocycles. The Morgan fingerprint density at radius 3 is 2.45 bits per heavy atom. The summed E-state index contributed by atoms with van der Waals surface area (Å²) in [6, 6.07) is 14.5. The number of fused-ring (bicyclic) bond motifs is 1. The highest BCUT2D eigenvalue weighted by Gasteiger charge is 2.26. The van der Waals surface area contributed by atoms with Crippen molar-refractivity contribution in [3.05, 3.63) is 78.1 Å². The molecule has 8 nitrogen and oxygen atoms in total. The Labute approximate surface area is 180 Å². The number of hydrogen-bond acceptors (Lipinski definition) is 5. The molecule has 3 aromatic rings. The first-order valence-electron chi connectivity index (χ1n) is 9.59. The van der Waals surface area contributed by atoms with Crippen molar-refractivity contribution >= 4 is 38.9 Å². The average Bonchev–Trinajstić information content (AvgIpc) is 3.16. The Kier molecular flexibility index (Phi) is 5.43. The summed E-state index contributed by atoms with van der Waals surface area (Å²) >= 11 is 0. The number of hydrogen-bond donors (Lipinski definition) is 2. The van der Waals surface area contributed by atoms with E-state index >= 15 is 0 Å². The van der Waals surface area contributed by atoms with Crippen molar-refractivity contribution in [2.75, 3.05) is 21.5 Å². The van der Waals surface area contributed by atoms with Gasteiger partial charge in [0.2, 0.25) is 5.91 Å². The highest BCUT2D eigenvalue weighted by atomic mass is 32.2. The van der Waals surface area contributed by atoms with Gasteiger partial charge in [-0.1, -0.05) is 0 Å². The quantitative estimate of drug-likeness (QED) is 0.639. The van der Waals surface area contributed by atoms with Gasteiger partial charge in [-0.3, -0.25) is 19.3 Å². The van der Waals surface area contributed by atoms with Crippen LogP contribution >= 0.6 is 0 Å². The van der Waals surface area contributed by atoms with E-state index in [0.29, 0.717) is 29.9 Å². The Morgan fingerprint density at radius 1 is 1.03 bits per heavy atom. The lowest BCUT2D eigenvalue weighted by Gasteiger charge is -2.17. The molecule has 0 fully saturated rings. The number of amides is 2. The van der Waals surface area contributed by atoms with Crippen LogP contribution in [0.5, 0.6) is 0 Å². The Bertz CT molecular complexity index is 1240. The predicted molar refractivity (Wildman–Crippen MR) is 118 cm³/mol. The number of pyridine rings is 1. The minimum Gasteiger partial charge on any atom is -0.326 e. The SMILES string of the molecule is CC(=O)Nc1ccc(S(=O)(=O)Nc2ccc3c(c2)CCN3C(=O)c2cccnc2)cc1. The lowest BCUT2D eigenvalue weighted by molar-refractivity contribution is -0.114. The second kappa shape index (κ2) is 8.19. The fraction of sp³-hybridized carbons (Fsp3) is 0.136. The minimum absolute atomic E-state index is 0.0792. The lowest BCUT2D eigenvalue weighted by Crippen LogP contribution is -2.28. The molecule has 0 radical (unpaired) electrons. The van der Waals surface area contributed by atoms with Gasteiger partial charge in [0, 0.05) is 42.9 Å². The molecule has 0 unspecified atom stereocenters. The van der Waals surface area contributed by atoms with Gasteiger partial charge in [0.15, 0.2) is 0 Å². The summed E-state index contributed by atoms with van der Waals surface area (Å²) in [6.07, 6.45) is 3.77. The smallest absolute Gasteiger partial charge is 0.261 e. The molecule has 1 aliphatic rings. The van der Waals surface area contributed by atoms with Crippen molar-refractivity contribution in [1.29, 1.82) is 0 Å². The molecule has 1 aromatic heterocycles. The first-order valence-corrected chi connectivity index (χ1v) is 11.1. The fourth-order valence-corrected chi connectivity index (χ4v) is 4.51. The predicted octanol–water partition coefficient (Wildman–Crippen LogP) is 3.04. The lowest BCUT2D eigenvalue weighted by atomic mass is 10.1. The minimum atomic E-state index is -3.80. The Morgan fingerprint density at radius 2 is 1.77 bits per heavy atom. The van der Waals surface area contributed by atoms with Crippen molar-refractivity contribution < 1.29 is 18.0 Å². The van der Waals surface area contributed by atoms with E-state index in [2.05, 4.69) is 15.0 Å². The molecular formula is C22H20N4O4S. The topological polar surface area (TPSA) is 108 Å². The third-order valence-corrected chi connectivity index (χ3v) is 6.26. The summed E-state index contributed by atoms with van der Waals surface area (Å²) in [5.41, 5.74) is 3.08. The molecule has 2 N–H and O–H groups in total. The van der Waals surface area contributed by atoms with Crippen molar-refractivity contribution in [2.45, 2.75) is 18.2 Å². The second-order valence-electron chi connectivity index (χ2n) is 7.10. The molecule has 158 valence electrons. The van der Waals surface area contributed by atoms with Crippen LogP contribution in [0.1, 0.15) is 22.8 Å². The number of nitrogens with one attached hydrogen (secondary N) is 2. The van der Waals surface area contributed by atoms with Crippen LogP contribution in [0.2, 0.25) is 0 Å². The molecule has 0 saturated heterocycles. The van der Waals surface area contributed by atoms with Crippen LogP contribution in [0.3, 0.4) is 0 Å². The number of carbonyl (C=O) groups excluding carboxylic acids is 2. The second-order valence-corrected chi connectivity index (χ2v) is 8.79. The molecule has 0 atom stereocenters. The van der Waals surface area contributed by atoms with Gasteiger partial charge in [-0.2, -0.15) is 0 Å². The molecule has 0 saturated carbocycles. The van der Waals surface area contributed by atoms with Crippen molar-refractivity contribution in [3.63, 3.8) is 0 Å². The summed E-state index contributed by atoms with van der Waals surface area (Å²) in [4.78, 5) is 29.6. The van der Waals surface area contributed by atoms with Crippen molar-refractivity contribution in [3.8, 4) is 0 Å². The largest absolute Gasteiger partial charge is 0.326 e. The van der Waals surface area contributed by atoms with Gasteiger partial charge in [-0.05, 0) is 66.6 Å². The molecule has 0 bridgehead atoms. The molecule has 0 spiro atoms. The van der Waals surface area contributed by atoms with Gasteiger partial charge in [0.25, 0.3) is 15.9 Å². The molecule has 0 aliphatic carbocycles. The number of aromatic nitrogens is 1. The van der Waals surface area contributed by atoms with E-state index in [1.54, 1.807) is 41.4 Å². The van der Waals surface area contributed by atoms with E-state index in [1.165, 1.54) is 37.4 Å².